The summed E-state index contributed by atoms with van der Waals surface area (Å²) in [6.07, 6.45) is 4.09. The summed E-state index contributed by atoms with van der Waals surface area (Å²) >= 11 is 0. The zero-order valence-electron chi connectivity index (χ0n) is 8.44. The molecule has 0 aliphatic heterocycles. The molecule has 0 bridgehead atoms. The van der Waals surface area contributed by atoms with Crippen molar-refractivity contribution in [3.8, 4) is 5.69 Å². The van der Waals surface area contributed by atoms with E-state index in [0.717, 1.165) is 11.2 Å². The molecule has 3 rings (SSSR count). The lowest BCUT2D eigenvalue weighted by Crippen LogP contribution is -1.90. The van der Waals surface area contributed by atoms with E-state index in [2.05, 4.69) is 20.8 Å². The monoisotopic (exact) mass is 197 g/mol. The average Bonchev–Trinajstić information content (AvgIpc) is 2.88. The van der Waals surface area contributed by atoms with Crippen molar-refractivity contribution in [3.63, 3.8) is 0 Å². The summed E-state index contributed by atoms with van der Waals surface area (Å²) in [6, 6.07) is 10.2. The molecule has 15 heavy (non-hydrogen) atoms. The number of aromatic nitrogens is 3. The van der Waals surface area contributed by atoms with E-state index in [4.69, 9.17) is 0 Å². The minimum atomic E-state index is 1.01. The summed E-state index contributed by atoms with van der Waals surface area (Å²) in [5.74, 6) is 0. The molecule has 0 saturated heterocycles. The first-order chi connectivity index (χ1) is 7.36. The quantitative estimate of drug-likeness (QED) is 0.639. The van der Waals surface area contributed by atoms with Crippen molar-refractivity contribution in [2.45, 2.75) is 6.92 Å². The number of H-pyrrole nitrogens is 1. The van der Waals surface area contributed by atoms with E-state index in [9.17, 15) is 0 Å². The molecule has 0 saturated carbocycles. The van der Waals surface area contributed by atoms with Crippen molar-refractivity contribution < 1.29 is 0 Å². The van der Waals surface area contributed by atoms with Crippen LogP contribution in [0.1, 0.15) is 5.69 Å². The van der Waals surface area contributed by atoms with Crippen molar-refractivity contribution in [2.75, 3.05) is 0 Å². The van der Waals surface area contributed by atoms with Gasteiger partial charge in [-0.2, -0.15) is 5.10 Å². The van der Waals surface area contributed by atoms with Crippen LogP contribution < -0.4 is 0 Å². The third-order valence-corrected chi connectivity index (χ3v) is 2.62. The molecule has 0 spiro atoms. The van der Waals surface area contributed by atoms with Gasteiger partial charge < -0.3 is 4.57 Å². The Morgan fingerprint density at radius 1 is 1.13 bits per heavy atom. The van der Waals surface area contributed by atoms with Crippen molar-refractivity contribution in [1.82, 2.24) is 14.8 Å². The van der Waals surface area contributed by atoms with E-state index in [0.29, 0.717) is 0 Å². The molecule has 3 heteroatoms. The van der Waals surface area contributed by atoms with Gasteiger partial charge in [0.2, 0.25) is 0 Å². The lowest BCUT2D eigenvalue weighted by atomic mass is 10.2. The summed E-state index contributed by atoms with van der Waals surface area (Å²) < 4.78 is 2.10. The first-order valence-electron chi connectivity index (χ1n) is 4.93. The maximum atomic E-state index is 4.25. The largest absolute Gasteiger partial charge is 0.323 e. The smallest absolute Gasteiger partial charge is 0.0944 e. The van der Waals surface area contributed by atoms with Crippen LogP contribution in [0.3, 0.4) is 0 Å². The Morgan fingerprint density at radius 3 is 2.73 bits per heavy atom. The molecule has 0 aliphatic rings. The fraction of sp³-hybridized carbons (Fsp3) is 0.0833. The van der Waals surface area contributed by atoms with Crippen LogP contribution in [0.2, 0.25) is 0 Å². The van der Waals surface area contributed by atoms with Crippen LogP contribution in [0.25, 0.3) is 16.6 Å². The second kappa shape index (κ2) is 2.98. The molecule has 2 aromatic heterocycles. The third-order valence-electron chi connectivity index (χ3n) is 2.62. The molecule has 0 unspecified atom stereocenters. The maximum absolute atomic E-state index is 4.25. The third kappa shape index (κ3) is 1.16. The van der Waals surface area contributed by atoms with E-state index < -0.39 is 0 Å². The number of nitrogens with one attached hydrogen (secondary N) is 1. The SMILES string of the molecule is Cc1[nH]nc2cccc(-n3cccc3)c12. The van der Waals surface area contributed by atoms with E-state index in [-0.39, 0.29) is 0 Å². The highest BCUT2D eigenvalue weighted by atomic mass is 15.1. The van der Waals surface area contributed by atoms with Crippen molar-refractivity contribution in [1.29, 1.82) is 0 Å². The number of hydrogen-bond acceptors (Lipinski definition) is 1. The van der Waals surface area contributed by atoms with E-state index >= 15 is 0 Å². The summed E-state index contributed by atoms with van der Waals surface area (Å²) in [7, 11) is 0. The van der Waals surface area contributed by atoms with E-state index in [1.54, 1.807) is 0 Å². The fourth-order valence-electron chi connectivity index (χ4n) is 1.92. The molecule has 3 aromatic rings. The van der Waals surface area contributed by atoms with Gasteiger partial charge in [0.15, 0.2) is 0 Å². The zero-order chi connectivity index (χ0) is 10.3. The Kier molecular flexibility index (Phi) is 1.65. The topological polar surface area (TPSA) is 33.6 Å². The molecule has 1 aromatic carbocycles. The molecule has 3 nitrogen and oxygen atoms in total. The lowest BCUT2D eigenvalue weighted by Gasteiger charge is -2.04. The number of benzene rings is 1. The predicted molar refractivity (Wildman–Crippen MR) is 60.2 cm³/mol. The molecule has 0 fully saturated rings. The number of rotatable bonds is 1. The zero-order valence-corrected chi connectivity index (χ0v) is 8.44. The van der Waals surface area contributed by atoms with Crippen LogP contribution in [0.15, 0.2) is 42.7 Å². The Balaban J connectivity index is 2.39. The second-order valence-electron chi connectivity index (χ2n) is 3.61. The molecule has 0 aliphatic carbocycles. The van der Waals surface area contributed by atoms with Crippen LogP contribution >= 0.6 is 0 Å². The summed E-state index contributed by atoms with van der Waals surface area (Å²) in [5.41, 5.74) is 3.29. The first-order valence-corrected chi connectivity index (χ1v) is 4.93. The number of hydrogen-bond donors (Lipinski definition) is 1. The highest BCUT2D eigenvalue weighted by Gasteiger charge is 2.06. The standard InChI is InChI=1S/C12H11N3/c1-9-12-10(14-13-9)5-4-6-11(12)15-7-2-3-8-15/h2-8H,1H3,(H,13,14). The van der Waals surface area contributed by atoms with Crippen molar-refractivity contribution in [2.24, 2.45) is 0 Å². The van der Waals surface area contributed by atoms with E-state index in [1.165, 1.54) is 11.1 Å². The van der Waals surface area contributed by atoms with Gasteiger partial charge in [-0.05, 0) is 31.2 Å². The van der Waals surface area contributed by atoms with Gasteiger partial charge in [0.05, 0.1) is 11.2 Å². The van der Waals surface area contributed by atoms with Gasteiger partial charge in [-0.1, -0.05) is 6.07 Å². The molecular weight excluding hydrogens is 186 g/mol. The first kappa shape index (κ1) is 8.29. The second-order valence-corrected chi connectivity index (χ2v) is 3.61. The van der Waals surface area contributed by atoms with Crippen LogP contribution in [0.4, 0.5) is 0 Å². The highest BCUT2D eigenvalue weighted by Crippen LogP contribution is 2.23. The Bertz CT molecular complexity index is 590. The number of fused-ring (bicyclic) bond motifs is 1. The van der Waals surface area contributed by atoms with Gasteiger partial charge in [0.25, 0.3) is 0 Å². The molecule has 74 valence electrons. The van der Waals surface area contributed by atoms with Gasteiger partial charge in [-0.25, -0.2) is 0 Å². The lowest BCUT2D eigenvalue weighted by molar-refractivity contribution is 1.06. The number of aryl methyl sites for hydroxylation is 1. The van der Waals surface area contributed by atoms with Crippen molar-refractivity contribution in [3.05, 3.63) is 48.4 Å². The van der Waals surface area contributed by atoms with Crippen LogP contribution in [-0.4, -0.2) is 14.8 Å². The Morgan fingerprint density at radius 2 is 1.93 bits per heavy atom. The molecular formula is C12H11N3. The predicted octanol–water partition coefficient (Wildman–Crippen LogP) is 2.66. The minimum Gasteiger partial charge on any atom is -0.323 e. The molecule has 0 amide bonds. The average molecular weight is 197 g/mol. The summed E-state index contributed by atoms with van der Waals surface area (Å²) in [4.78, 5) is 0. The number of aromatic amines is 1. The summed E-state index contributed by atoms with van der Waals surface area (Å²) in [5, 5.41) is 8.45. The molecule has 1 N–H and O–H groups in total. The van der Waals surface area contributed by atoms with Gasteiger partial charge in [0, 0.05) is 23.5 Å². The van der Waals surface area contributed by atoms with Gasteiger partial charge in [0.1, 0.15) is 0 Å². The molecule has 2 heterocycles. The van der Waals surface area contributed by atoms with Gasteiger partial charge in [-0.3, -0.25) is 5.10 Å². The fourth-order valence-corrected chi connectivity index (χ4v) is 1.92. The van der Waals surface area contributed by atoms with Gasteiger partial charge >= 0.3 is 0 Å². The Labute approximate surface area is 87.4 Å². The minimum absolute atomic E-state index is 1.01. The normalized spacial score (nSPS) is 11.0. The maximum Gasteiger partial charge on any atom is 0.0944 e. The van der Waals surface area contributed by atoms with Crippen LogP contribution in [0, 0.1) is 6.92 Å². The summed E-state index contributed by atoms with van der Waals surface area (Å²) in [6.45, 7) is 2.04. The van der Waals surface area contributed by atoms with E-state index in [1.807, 2.05) is 43.6 Å². The molecule has 0 radical (unpaired) electrons. The van der Waals surface area contributed by atoms with Crippen molar-refractivity contribution >= 4 is 10.9 Å². The Hall–Kier alpha value is -2.03. The molecule has 0 atom stereocenters. The van der Waals surface area contributed by atoms with Gasteiger partial charge in [-0.15, -0.1) is 0 Å². The number of nitrogens with zero attached hydrogens (tertiary/aromatic N) is 2. The van der Waals surface area contributed by atoms with Crippen LogP contribution in [-0.2, 0) is 0 Å². The van der Waals surface area contributed by atoms with Crippen LogP contribution in [0.5, 0.6) is 0 Å². The highest BCUT2D eigenvalue weighted by molar-refractivity contribution is 5.89.